The molecule has 2 aromatic rings. The summed E-state index contributed by atoms with van der Waals surface area (Å²) < 4.78 is 26.3. The molecule has 3 nitrogen and oxygen atoms in total. The Bertz CT molecular complexity index is 535. The zero-order valence-corrected chi connectivity index (χ0v) is 8.88. The van der Waals surface area contributed by atoms with Gasteiger partial charge < -0.3 is 5.32 Å². The normalized spacial score (nSPS) is 10.3. The van der Waals surface area contributed by atoms with E-state index in [1.807, 2.05) is 0 Å². The number of hydrogen-bond acceptors (Lipinski definition) is 4. The van der Waals surface area contributed by atoms with E-state index in [0.29, 0.717) is 9.09 Å². The van der Waals surface area contributed by atoms with Gasteiger partial charge in [0, 0.05) is 6.07 Å². The van der Waals surface area contributed by atoms with Crippen LogP contribution in [0.5, 0.6) is 0 Å². The number of rotatable bonds is 2. The van der Waals surface area contributed by atoms with Crippen molar-refractivity contribution in [1.82, 2.24) is 10.2 Å². The molecule has 0 aliphatic rings. The molecule has 0 radical (unpaired) electrons. The summed E-state index contributed by atoms with van der Waals surface area (Å²) >= 11 is 5.98. The molecular formula is C8H5F2N3S2. The van der Waals surface area contributed by atoms with E-state index in [0.717, 1.165) is 12.1 Å². The minimum Gasteiger partial charge on any atom is -0.328 e. The Morgan fingerprint density at radius 1 is 1.40 bits per heavy atom. The Morgan fingerprint density at radius 2 is 2.20 bits per heavy atom. The number of benzene rings is 1. The van der Waals surface area contributed by atoms with E-state index in [9.17, 15) is 8.78 Å². The van der Waals surface area contributed by atoms with Crippen LogP contribution in [0.4, 0.5) is 19.6 Å². The monoisotopic (exact) mass is 245 g/mol. The highest BCUT2D eigenvalue weighted by molar-refractivity contribution is 7.73. The summed E-state index contributed by atoms with van der Waals surface area (Å²) in [5, 5.41) is 9.46. The minimum absolute atomic E-state index is 0.161. The first-order valence-electron chi connectivity index (χ1n) is 3.93. The van der Waals surface area contributed by atoms with Crippen LogP contribution in [0.25, 0.3) is 0 Å². The molecule has 15 heavy (non-hydrogen) atoms. The van der Waals surface area contributed by atoms with Gasteiger partial charge in [0.15, 0.2) is 3.95 Å². The van der Waals surface area contributed by atoms with Gasteiger partial charge in [0.1, 0.15) is 11.6 Å². The lowest BCUT2D eigenvalue weighted by Gasteiger charge is -2.02. The summed E-state index contributed by atoms with van der Waals surface area (Å²) in [6, 6.07) is 3.26. The fourth-order valence-electron chi connectivity index (χ4n) is 0.989. The van der Waals surface area contributed by atoms with E-state index in [4.69, 9.17) is 12.2 Å². The first-order valence-corrected chi connectivity index (χ1v) is 5.15. The lowest BCUT2D eigenvalue weighted by molar-refractivity contribution is 0.586. The molecule has 0 amide bonds. The molecule has 1 aromatic carbocycles. The standard InChI is InChI=1S/C8H5F2N3S2/c9-4-1-2-6(5(10)3-4)11-7-12-13-8(14)15-7/h1-3H,(H,11,12)(H,13,14). The van der Waals surface area contributed by atoms with E-state index in [1.54, 1.807) is 0 Å². The predicted molar refractivity (Wildman–Crippen MR) is 56.9 cm³/mol. The fourth-order valence-corrected chi connectivity index (χ4v) is 1.79. The van der Waals surface area contributed by atoms with Crippen molar-refractivity contribution in [3.05, 3.63) is 33.8 Å². The van der Waals surface area contributed by atoms with Crippen LogP contribution in [0.1, 0.15) is 0 Å². The summed E-state index contributed by atoms with van der Waals surface area (Å²) in [5.41, 5.74) is 0.161. The fraction of sp³-hybridized carbons (Fsp3) is 0. The van der Waals surface area contributed by atoms with Crippen molar-refractivity contribution in [1.29, 1.82) is 0 Å². The topological polar surface area (TPSA) is 40.7 Å². The van der Waals surface area contributed by atoms with E-state index < -0.39 is 11.6 Å². The minimum atomic E-state index is -0.670. The van der Waals surface area contributed by atoms with E-state index in [1.165, 1.54) is 17.4 Å². The Morgan fingerprint density at radius 3 is 2.80 bits per heavy atom. The van der Waals surface area contributed by atoms with Crippen molar-refractivity contribution in [3.8, 4) is 0 Å². The SMILES string of the molecule is Fc1ccc(Nc2n[nH]c(=S)s2)c(F)c1. The summed E-state index contributed by atoms with van der Waals surface area (Å²) in [6.07, 6.45) is 0. The lowest BCUT2D eigenvalue weighted by Crippen LogP contribution is -1.93. The molecule has 0 unspecified atom stereocenters. The zero-order valence-electron chi connectivity index (χ0n) is 7.25. The van der Waals surface area contributed by atoms with Crippen LogP contribution < -0.4 is 5.32 Å². The summed E-state index contributed by atoms with van der Waals surface area (Å²) in [6.45, 7) is 0. The molecule has 0 saturated carbocycles. The van der Waals surface area contributed by atoms with Gasteiger partial charge >= 0.3 is 0 Å². The maximum Gasteiger partial charge on any atom is 0.208 e. The van der Waals surface area contributed by atoms with Crippen molar-refractivity contribution in [3.63, 3.8) is 0 Å². The number of anilines is 2. The second-order valence-electron chi connectivity index (χ2n) is 2.67. The summed E-state index contributed by atoms with van der Waals surface area (Å²) in [4.78, 5) is 0. The van der Waals surface area contributed by atoms with Crippen molar-refractivity contribution in [2.75, 3.05) is 5.32 Å². The van der Waals surface area contributed by atoms with E-state index in [-0.39, 0.29) is 5.69 Å². The van der Waals surface area contributed by atoms with Crippen molar-refractivity contribution in [2.45, 2.75) is 0 Å². The second kappa shape index (κ2) is 4.03. The molecule has 0 aliphatic heterocycles. The Labute approximate surface area is 92.8 Å². The van der Waals surface area contributed by atoms with Gasteiger partial charge in [-0.25, -0.2) is 8.78 Å². The van der Waals surface area contributed by atoms with E-state index in [2.05, 4.69) is 15.5 Å². The predicted octanol–water partition coefficient (Wildman–Crippen LogP) is 3.22. The van der Waals surface area contributed by atoms with Crippen LogP contribution in [-0.4, -0.2) is 10.2 Å². The molecule has 1 aromatic heterocycles. The third-order valence-corrected chi connectivity index (χ3v) is 2.62. The number of nitrogens with zero attached hydrogens (tertiary/aromatic N) is 1. The molecule has 0 spiro atoms. The number of nitrogens with one attached hydrogen (secondary N) is 2. The van der Waals surface area contributed by atoms with Crippen LogP contribution in [0.15, 0.2) is 18.2 Å². The molecule has 7 heteroatoms. The molecule has 78 valence electrons. The van der Waals surface area contributed by atoms with Crippen molar-refractivity contribution in [2.24, 2.45) is 0 Å². The highest BCUT2D eigenvalue weighted by Gasteiger charge is 2.05. The first-order chi connectivity index (χ1) is 7.15. The molecule has 0 atom stereocenters. The van der Waals surface area contributed by atoms with Gasteiger partial charge in [-0.2, -0.15) is 0 Å². The van der Waals surface area contributed by atoms with Crippen LogP contribution >= 0.6 is 23.6 Å². The highest BCUT2D eigenvalue weighted by Crippen LogP contribution is 2.21. The summed E-state index contributed by atoms with van der Waals surface area (Å²) in [5.74, 6) is -1.29. The Hall–Kier alpha value is -1.34. The lowest BCUT2D eigenvalue weighted by atomic mass is 10.3. The molecule has 2 N–H and O–H groups in total. The quantitative estimate of drug-likeness (QED) is 0.798. The number of halogens is 2. The van der Waals surface area contributed by atoms with Crippen LogP contribution in [-0.2, 0) is 0 Å². The Balaban J connectivity index is 2.28. The van der Waals surface area contributed by atoms with Gasteiger partial charge in [0.25, 0.3) is 0 Å². The Kier molecular flexibility index (Phi) is 2.74. The van der Waals surface area contributed by atoms with Crippen molar-refractivity contribution < 1.29 is 8.78 Å². The van der Waals surface area contributed by atoms with Gasteiger partial charge in [-0.3, -0.25) is 5.10 Å². The number of H-pyrrole nitrogens is 1. The van der Waals surface area contributed by atoms with Gasteiger partial charge in [-0.15, -0.1) is 5.10 Å². The average Bonchev–Trinajstić information content (AvgIpc) is 2.56. The average molecular weight is 245 g/mol. The zero-order chi connectivity index (χ0) is 10.8. The maximum absolute atomic E-state index is 13.2. The van der Waals surface area contributed by atoms with Gasteiger partial charge in [0.05, 0.1) is 5.69 Å². The van der Waals surface area contributed by atoms with E-state index >= 15 is 0 Å². The van der Waals surface area contributed by atoms with Gasteiger partial charge in [-0.1, -0.05) is 11.3 Å². The highest BCUT2D eigenvalue weighted by atomic mass is 32.1. The van der Waals surface area contributed by atoms with Crippen LogP contribution in [0, 0.1) is 15.6 Å². The molecule has 1 heterocycles. The van der Waals surface area contributed by atoms with Gasteiger partial charge in [0.2, 0.25) is 5.13 Å². The van der Waals surface area contributed by atoms with Crippen LogP contribution in [0.3, 0.4) is 0 Å². The third kappa shape index (κ3) is 2.37. The third-order valence-electron chi connectivity index (χ3n) is 1.61. The molecule has 0 fully saturated rings. The molecule has 0 aliphatic carbocycles. The van der Waals surface area contributed by atoms with Crippen molar-refractivity contribution >= 4 is 34.4 Å². The number of aromatic nitrogens is 2. The summed E-state index contributed by atoms with van der Waals surface area (Å²) in [7, 11) is 0. The second-order valence-corrected chi connectivity index (χ2v) is 4.33. The number of hydrogen-bond donors (Lipinski definition) is 2. The molecular weight excluding hydrogens is 240 g/mol. The smallest absolute Gasteiger partial charge is 0.208 e. The molecule has 0 saturated heterocycles. The largest absolute Gasteiger partial charge is 0.328 e. The molecule has 2 rings (SSSR count). The maximum atomic E-state index is 13.2. The first kappa shape index (κ1) is 10.2. The van der Waals surface area contributed by atoms with Crippen LogP contribution in [0.2, 0.25) is 0 Å². The number of aromatic amines is 1. The molecule has 0 bridgehead atoms. The van der Waals surface area contributed by atoms with Gasteiger partial charge in [-0.05, 0) is 24.4 Å².